The van der Waals surface area contributed by atoms with E-state index in [4.69, 9.17) is 9.47 Å². The average molecular weight is 349 g/mol. The highest BCUT2D eigenvalue weighted by molar-refractivity contribution is 5.96. The third-order valence-electron chi connectivity index (χ3n) is 3.62. The van der Waals surface area contributed by atoms with Gasteiger partial charge in [-0.3, -0.25) is 15.0 Å². The lowest BCUT2D eigenvalue weighted by atomic mass is 10.1. The van der Waals surface area contributed by atoms with Gasteiger partial charge in [-0.2, -0.15) is 0 Å². The van der Waals surface area contributed by atoms with Crippen molar-refractivity contribution in [2.75, 3.05) is 39.5 Å². The van der Waals surface area contributed by atoms with Gasteiger partial charge in [0.1, 0.15) is 0 Å². The molecule has 0 saturated carbocycles. The van der Waals surface area contributed by atoms with Crippen LogP contribution in [-0.2, 0) is 20.8 Å². The number of hydrogen-bond acceptors (Lipinski definition) is 6. The molecule has 1 aliphatic rings. The molecule has 1 aromatic carbocycles. The Kier molecular flexibility index (Phi) is 7.36. The molecule has 2 rings (SSSR count). The van der Waals surface area contributed by atoms with Crippen LogP contribution in [0, 0.1) is 0 Å². The number of ether oxygens (including phenoxy) is 2. The number of benzene rings is 1. The van der Waals surface area contributed by atoms with E-state index in [0.29, 0.717) is 12.1 Å². The van der Waals surface area contributed by atoms with Crippen LogP contribution in [0.1, 0.15) is 22.8 Å². The van der Waals surface area contributed by atoms with Gasteiger partial charge in [-0.05, 0) is 24.6 Å². The number of carbonyl (C=O) groups is 3. The number of nitrogens with zero attached hydrogens (tertiary/aromatic N) is 1. The fourth-order valence-corrected chi connectivity index (χ4v) is 2.35. The first-order valence-electron chi connectivity index (χ1n) is 8.22. The Hall–Kier alpha value is -2.45. The quantitative estimate of drug-likeness (QED) is 0.727. The van der Waals surface area contributed by atoms with Crippen LogP contribution in [0.2, 0.25) is 0 Å². The smallest absolute Gasteiger partial charge is 0.338 e. The van der Waals surface area contributed by atoms with Crippen LogP contribution < -0.4 is 10.6 Å². The SMILES string of the molecule is CCNC(=O)NC(=O)COC(=O)c1ccc(CN2CCOCC2)cc1. The van der Waals surface area contributed by atoms with Gasteiger partial charge in [-0.25, -0.2) is 9.59 Å². The van der Waals surface area contributed by atoms with Crippen LogP contribution in [0.4, 0.5) is 4.79 Å². The van der Waals surface area contributed by atoms with Crippen molar-refractivity contribution < 1.29 is 23.9 Å². The summed E-state index contributed by atoms with van der Waals surface area (Å²) in [5.74, 6) is -1.28. The summed E-state index contributed by atoms with van der Waals surface area (Å²) < 4.78 is 10.2. The molecule has 1 fully saturated rings. The van der Waals surface area contributed by atoms with Crippen LogP contribution in [0.5, 0.6) is 0 Å². The lowest BCUT2D eigenvalue weighted by Gasteiger charge is -2.26. The molecule has 1 aromatic rings. The van der Waals surface area contributed by atoms with Gasteiger partial charge in [0.05, 0.1) is 18.8 Å². The van der Waals surface area contributed by atoms with Crippen LogP contribution >= 0.6 is 0 Å². The zero-order valence-electron chi connectivity index (χ0n) is 14.2. The van der Waals surface area contributed by atoms with E-state index in [9.17, 15) is 14.4 Å². The Bertz CT molecular complexity index is 597. The van der Waals surface area contributed by atoms with E-state index >= 15 is 0 Å². The summed E-state index contributed by atoms with van der Waals surface area (Å²) in [6.45, 7) is 5.68. The second-order valence-electron chi connectivity index (χ2n) is 5.57. The highest BCUT2D eigenvalue weighted by Crippen LogP contribution is 2.10. The van der Waals surface area contributed by atoms with Crippen molar-refractivity contribution in [1.29, 1.82) is 0 Å². The van der Waals surface area contributed by atoms with Crippen LogP contribution in [0.25, 0.3) is 0 Å². The Labute approximate surface area is 146 Å². The molecular formula is C17H23N3O5. The number of urea groups is 1. The zero-order valence-corrected chi connectivity index (χ0v) is 14.2. The Morgan fingerprint density at radius 3 is 2.48 bits per heavy atom. The second-order valence-corrected chi connectivity index (χ2v) is 5.57. The summed E-state index contributed by atoms with van der Waals surface area (Å²) in [6.07, 6.45) is 0. The van der Waals surface area contributed by atoms with Crippen LogP contribution in [0.3, 0.4) is 0 Å². The van der Waals surface area contributed by atoms with Crippen LogP contribution in [0.15, 0.2) is 24.3 Å². The Balaban J connectivity index is 1.77. The Morgan fingerprint density at radius 1 is 1.16 bits per heavy atom. The van der Waals surface area contributed by atoms with Gasteiger partial charge in [-0.15, -0.1) is 0 Å². The number of carbonyl (C=O) groups excluding carboxylic acids is 3. The van der Waals surface area contributed by atoms with Crippen LogP contribution in [-0.4, -0.2) is 62.3 Å². The van der Waals surface area contributed by atoms with E-state index in [2.05, 4.69) is 15.5 Å². The van der Waals surface area contributed by atoms with Crippen molar-refractivity contribution in [3.63, 3.8) is 0 Å². The first-order valence-corrected chi connectivity index (χ1v) is 8.22. The van der Waals surface area contributed by atoms with E-state index in [0.717, 1.165) is 38.4 Å². The summed E-state index contributed by atoms with van der Waals surface area (Å²) in [5.41, 5.74) is 1.45. The molecule has 1 heterocycles. The van der Waals surface area contributed by atoms with Crippen molar-refractivity contribution >= 4 is 17.9 Å². The molecule has 0 bridgehead atoms. The molecule has 1 aliphatic heterocycles. The maximum Gasteiger partial charge on any atom is 0.338 e. The van der Waals surface area contributed by atoms with Crippen molar-refractivity contribution in [3.05, 3.63) is 35.4 Å². The topological polar surface area (TPSA) is 97.0 Å². The van der Waals surface area contributed by atoms with Gasteiger partial charge in [0, 0.05) is 26.2 Å². The fraction of sp³-hybridized carbons (Fsp3) is 0.471. The van der Waals surface area contributed by atoms with Gasteiger partial charge in [0.2, 0.25) is 0 Å². The number of morpholine rings is 1. The molecule has 0 aliphatic carbocycles. The number of rotatable bonds is 6. The molecule has 8 heteroatoms. The maximum absolute atomic E-state index is 11.9. The van der Waals surface area contributed by atoms with E-state index in [1.807, 2.05) is 12.1 Å². The summed E-state index contributed by atoms with van der Waals surface area (Å²) in [4.78, 5) is 36.9. The maximum atomic E-state index is 11.9. The molecule has 0 unspecified atom stereocenters. The standard InChI is InChI=1S/C17H23N3O5/c1-2-18-17(23)19-15(21)12-25-16(22)14-5-3-13(4-6-14)11-20-7-9-24-10-8-20/h3-6H,2,7-12H2,1H3,(H2,18,19,21,23). The Morgan fingerprint density at radius 2 is 1.84 bits per heavy atom. The minimum Gasteiger partial charge on any atom is -0.452 e. The van der Waals surface area contributed by atoms with Gasteiger partial charge >= 0.3 is 12.0 Å². The molecule has 3 amide bonds. The minimum atomic E-state index is -0.678. The molecule has 136 valence electrons. The number of esters is 1. The molecule has 0 aromatic heterocycles. The molecule has 0 radical (unpaired) electrons. The molecule has 8 nitrogen and oxygen atoms in total. The van der Waals surface area contributed by atoms with E-state index in [-0.39, 0.29) is 0 Å². The predicted octanol–water partition coefficient (Wildman–Crippen LogP) is 0.521. The summed E-state index contributed by atoms with van der Waals surface area (Å²) in [7, 11) is 0. The minimum absolute atomic E-state index is 0.358. The normalized spacial score (nSPS) is 14.6. The summed E-state index contributed by atoms with van der Waals surface area (Å²) in [6, 6.07) is 6.44. The third-order valence-corrected chi connectivity index (χ3v) is 3.62. The summed E-state index contributed by atoms with van der Waals surface area (Å²) >= 11 is 0. The van der Waals surface area contributed by atoms with E-state index < -0.39 is 24.5 Å². The van der Waals surface area contributed by atoms with Gasteiger partial charge in [0.15, 0.2) is 6.61 Å². The van der Waals surface area contributed by atoms with Crippen molar-refractivity contribution in [1.82, 2.24) is 15.5 Å². The van der Waals surface area contributed by atoms with Gasteiger partial charge in [0.25, 0.3) is 5.91 Å². The average Bonchev–Trinajstić information content (AvgIpc) is 2.61. The highest BCUT2D eigenvalue weighted by atomic mass is 16.5. The van der Waals surface area contributed by atoms with Crippen molar-refractivity contribution in [3.8, 4) is 0 Å². The van der Waals surface area contributed by atoms with E-state index in [1.165, 1.54) is 0 Å². The van der Waals surface area contributed by atoms with Gasteiger partial charge < -0.3 is 14.8 Å². The monoisotopic (exact) mass is 349 g/mol. The number of amides is 3. The van der Waals surface area contributed by atoms with Gasteiger partial charge in [-0.1, -0.05) is 12.1 Å². The predicted molar refractivity (Wildman–Crippen MR) is 90.0 cm³/mol. The number of nitrogens with one attached hydrogen (secondary N) is 2. The number of imide groups is 1. The first-order chi connectivity index (χ1) is 12.1. The largest absolute Gasteiger partial charge is 0.452 e. The summed E-state index contributed by atoms with van der Waals surface area (Å²) in [5, 5.41) is 4.47. The molecule has 25 heavy (non-hydrogen) atoms. The lowest BCUT2D eigenvalue weighted by molar-refractivity contribution is -0.123. The fourth-order valence-electron chi connectivity index (χ4n) is 2.35. The second kappa shape index (κ2) is 9.75. The lowest BCUT2D eigenvalue weighted by Crippen LogP contribution is -2.41. The highest BCUT2D eigenvalue weighted by Gasteiger charge is 2.13. The molecule has 1 saturated heterocycles. The molecule has 0 atom stereocenters. The molecule has 0 spiro atoms. The van der Waals surface area contributed by atoms with Crippen molar-refractivity contribution in [2.45, 2.75) is 13.5 Å². The third kappa shape index (κ3) is 6.52. The molecular weight excluding hydrogens is 326 g/mol. The van der Waals surface area contributed by atoms with E-state index in [1.54, 1.807) is 19.1 Å². The molecule has 2 N–H and O–H groups in total. The van der Waals surface area contributed by atoms with Crippen molar-refractivity contribution in [2.24, 2.45) is 0 Å². The zero-order chi connectivity index (χ0) is 18.1. The first kappa shape index (κ1) is 18.9. The number of hydrogen-bond donors (Lipinski definition) is 2.